The van der Waals surface area contributed by atoms with Crippen molar-refractivity contribution >= 4 is 23.1 Å². The molecule has 2 amide bonds. The number of nitrogens with one attached hydrogen (secondary N) is 1. The van der Waals surface area contributed by atoms with Crippen molar-refractivity contribution in [2.75, 3.05) is 12.4 Å². The third kappa shape index (κ3) is 3.77. The van der Waals surface area contributed by atoms with Crippen LogP contribution in [0.25, 0.3) is 5.57 Å². The highest BCUT2D eigenvalue weighted by Gasteiger charge is 2.39. The summed E-state index contributed by atoms with van der Waals surface area (Å²) in [6, 6.07) is 17.8. The van der Waals surface area contributed by atoms with E-state index >= 15 is 0 Å². The van der Waals surface area contributed by atoms with Crippen molar-refractivity contribution in [2.24, 2.45) is 0 Å². The summed E-state index contributed by atoms with van der Waals surface area (Å²) in [7, 11) is 1.54. The van der Waals surface area contributed by atoms with E-state index in [0.29, 0.717) is 22.7 Å². The molecular formula is C23H18FN3O3. The van der Waals surface area contributed by atoms with Crippen molar-refractivity contribution in [3.05, 3.63) is 95.7 Å². The van der Waals surface area contributed by atoms with Gasteiger partial charge in [-0.25, -0.2) is 4.39 Å². The first kappa shape index (κ1) is 19.3. The topological polar surface area (TPSA) is 71.5 Å². The summed E-state index contributed by atoms with van der Waals surface area (Å²) in [5, 5.41) is 3.05. The van der Waals surface area contributed by atoms with E-state index in [1.807, 2.05) is 0 Å². The standard InChI is InChI=1S/C23H18FN3O3/c1-30-19-7-4-6-17(13-19)26-21-20(15-8-10-16(24)11-9-15)22(28)27(23(21)29)14-18-5-2-3-12-25-18/h2-13,26H,14H2,1H3. The van der Waals surface area contributed by atoms with Gasteiger partial charge in [-0.15, -0.1) is 0 Å². The van der Waals surface area contributed by atoms with Gasteiger partial charge < -0.3 is 10.1 Å². The predicted molar refractivity (Wildman–Crippen MR) is 110 cm³/mol. The lowest BCUT2D eigenvalue weighted by Crippen LogP contribution is -2.32. The molecular weight excluding hydrogens is 385 g/mol. The van der Waals surface area contributed by atoms with E-state index in [9.17, 15) is 14.0 Å². The van der Waals surface area contributed by atoms with Crippen LogP contribution in [0.3, 0.4) is 0 Å². The van der Waals surface area contributed by atoms with Gasteiger partial charge in [0.2, 0.25) is 0 Å². The Labute approximate surface area is 172 Å². The van der Waals surface area contributed by atoms with Crippen molar-refractivity contribution in [1.82, 2.24) is 9.88 Å². The van der Waals surface area contributed by atoms with Crippen LogP contribution in [0, 0.1) is 5.82 Å². The molecule has 3 aromatic rings. The molecule has 0 aliphatic carbocycles. The van der Waals surface area contributed by atoms with E-state index in [-0.39, 0.29) is 17.8 Å². The van der Waals surface area contributed by atoms with Crippen LogP contribution in [0.2, 0.25) is 0 Å². The minimum atomic E-state index is -0.479. The van der Waals surface area contributed by atoms with E-state index < -0.39 is 17.6 Å². The molecule has 1 aliphatic rings. The van der Waals surface area contributed by atoms with Crippen molar-refractivity contribution in [3.63, 3.8) is 0 Å². The number of aromatic nitrogens is 1. The molecule has 0 bridgehead atoms. The van der Waals surface area contributed by atoms with E-state index in [2.05, 4.69) is 10.3 Å². The summed E-state index contributed by atoms with van der Waals surface area (Å²) >= 11 is 0. The average Bonchev–Trinajstić information content (AvgIpc) is 2.99. The minimum Gasteiger partial charge on any atom is -0.497 e. The second-order valence-electron chi connectivity index (χ2n) is 6.63. The molecule has 4 rings (SSSR count). The monoisotopic (exact) mass is 403 g/mol. The number of anilines is 1. The number of benzene rings is 2. The molecule has 2 aromatic carbocycles. The minimum absolute atomic E-state index is 0.0342. The number of hydrogen-bond donors (Lipinski definition) is 1. The Balaban J connectivity index is 1.74. The number of hydrogen-bond acceptors (Lipinski definition) is 5. The Morgan fingerprint density at radius 2 is 1.80 bits per heavy atom. The van der Waals surface area contributed by atoms with Crippen LogP contribution in [-0.2, 0) is 16.1 Å². The number of nitrogens with zero attached hydrogens (tertiary/aromatic N) is 2. The van der Waals surface area contributed by atoms with Crippen LogP contribution in [-0.4, -0.2) is 28.8 Å². The zero-order valence-electron chi connectivity index (χ0n) is 16.1. The van der Waals surface area contributed by atoms with Gasteiger partial charge in [0.15, 0.2) is 0 Å². The lowest BCUT2D eigenvalue weighted by atomic mass is 10.0. The van der Waals surface area contributed by atoms with Gasteiger partial charge in [-0.05, 0) is 42.0 Å². The van der Waals surface area contributed by atoms with Gasteiger partial charge in [0, 0.05) is 18.0 Å². The Bertz CT molecular complexity index is 1130. The normalized spacial score (nSPS) is 13.7. The fourth-order valence-electron chi connectivity index (χ4n) is 3.22. The number of imide groups is 1. The molecule has 2 heterocycles. The van der Waals surface area contributed by atoms with Gasteiger partial charge in [-0.3, -0.25) is 19.5 Å². The van der Waals surface area contributed by atoms with E-state index in [4.69, 9.17) is 4.74 Å². The van der Waals surface area contributed by atoms with Crippen LogP contribution < -0.4 is 10.1 Å². The summed E-state index contributed by atoms with van der Waals surface area (Å²) in [5.74, 6) is -0.773. The third-order valence-electron chi connectivity index (χ3n) is 4.69. The molecule has 0 atom stereocenters. The molecule has 1 N–H and O–H groups in total. The zero-order chi connectivity index (χ0) is 21.1. The lowest BCUT2D eigenvalue weighted by molar-refractivity contribution is -0.137. The summed E-state index contributed by atoms with van der Waals surface area (Å²) in [6.07, 6.45) is 1.60. The van der Waals surface area contributed by atoms with Crippen LogP contribution in [0.4, 0.5) is 10.1 Å². The molecule has 6 nitrogen and oxygen atoms in total. The van der Waals surface area contributed by atoms with Gasteiger partial charge in [0.05, 0.1) is 24.9 Å². The number of methoxy groups -OCH3 is 1. The van der Waals surface area contributed by atoms with E-state index in [1.54, 1.807) is 55.8 Å². The quantitative estimate of drug-likeness (QED) is 0.637. The zero-order valence-corrected chi connectivity index (χ0v) is 16.1. The first-order valence-electron chi connectivity index (χ1n) is 9.24. The summed E-state index contributed by atoms with van der Waals surface area (Å²) in [4.78, 5) is 31.7. The molecule has 0 radical (unpaired) electrons. The average molecular weight is 403 g/mol. The van der Waals surface area contributed by atoms with Gasteiger partial charge in [0.1, 0.15) is 17.3 Å². The maximum absolute atomic E-state index is 13.4. The number of amides is 2. The Kier molecular flexibility index (Phi) is 5.26. The highest BCUT2D eigenvalue weighted by atomic mass is 19.1. The van der Waals surface area contributed by atoms with Crippen LogP contribution >= 0.6 is 0 Å². The highest BCUT2D eigenvalue weighted by molar-refractivity contribution is 6.36. The summed E-state index contributed by atoms with van der Waals surface area (Å²) < 4.78 is 18.6. The van der Waals surface area contributed by atoms with Crippen molar-refractivity contribution < 1.29 is 18.7 Å². The number of carbonyl (C=O) groups excluding carboxylic acids is 2. The van der Waals surface area contributed by atoms with Crippen molar-refractivity contribution in [2.45, 2.75) is 6.54 Å². The second kappa shape index (κ2) is 8.16. The van der Waals surface area contributed by atoms with E-state index in [1.165, 1.54) is 24.3 Å². The van der Waals surface area contributed by atoms with Gasteiger partial charge >= 0.3 is 0 Å². The van der Waals surface area contributed by atoms with E-state index in [0.717, 1.165) is 4.90 Å². The number of ether oxygens (including phenoxy) is 1. The van der Waals surface area contributed by atoms with Gasteiger partial charge in [-0.1, -0.05) is 24.3 Å². The molecule has 150 valence electrons. The SMILES string of the molecule is COc1cccc(NC2=C(c3ccc(F)cc3)C(=O)N(Cc3ccccn3)C2=O)c1. The Morgan fingerprint density at radius 3 is 2.50 bits per heavy atom. The van der Waals surface area contributed by atoms with Crippen LogP contribution in [0.15, 0.2) is 78.6 Å². The first-order chi connectivity index (χ1) is 14.6. The maximum atomic E-state index is 13.4. The van der Waals surface area contributed by atoms with Crippen molar-refractivity contribution in [3.8, 4) is 5.75 Å². The summed E-state index contributed by atoms with van der Waals surface area (Å²) in [6.45, 7) is 0.0342. The molecule has 0 spiro atoms. The van der Waals surface area contributed by atoms with Gasteiger partial charge in [0.25, 0.3) is 11.8 Å². The molecule has 30 heavy (non-hydrogen) atoms. The molecule has 0 fully saturated rings. The molecule has 1 aromatic heterocycles. The highest BCUT2D eigenvalue weighted by Crippen LogP contribution is 2.32. The Morgan fingerprint density at radius 1 is 1.00 bits per heavy atom. The molecule has 1 aliphatic heterocycles. The van der Waals surface area contributed by atoms with Crippen LogP contribution in [0.5, 0.6) is 5.75 Å². The predicted octanol–water partition coefficient (Wildman–Crippen LogP) is 3.62. The molecule has 0 unspecified atom stereocenters. The molecule has 0 saturated carbocycles. The first-order valence-corrected chi connectivity index (χ1v) is 9.24. The Hall–Kier alpha value is -4.00. The maximum Gasteiger partial charge on any atom is 0.278 e. The third-order valence-corrected chi connectivity index (χ3v) is 4.69. The fourth-order valence-corrected chi connectivity index (χ4v) is 3.22. The molecule has 0 saturated heterocycles. The number of pyridine rings is 1. The fraction of sp³-hybridized carbons (Fsp3) is 0.0870. The number of carbonyl (C=O) groups is 2. The molecule has 7 heteroatoms. The smallest absolute Gasteiger partial charge is 0.278 e. The lowest BCUT2D eigenvalue weighted by Gasteiger charge is -2.15. The van der Waals surface area contributed by atoms with Gasteiger partial charge in [-0.2, -0.15) is 0 Å². The summed E-state index contributed by atoms with van der Waals surface area (Å²) in [5.41, 5.74) is 1.92. The largest absolute Gasteiger partial charge is 0.497 e. The number of halogens is 1. The second-order valence-corrected chi connectivity index (χ2v) is 6.63. The van der Waals surface area contributed by atoms with Crippen LogP contribution in [0.1, 0.15) is 11.3 Å². The number of rotatable bonds is 6. The van der Waals surface area contributed by atoms with Crippen molar-refractivity contribution in [1.29, 1.82) is 0 Å².